The van der Waals surface area contributed by atoms with Gasteiger partial charge < -0.3 is 10.8 Å². The molecule has 0 bridgehead atoms. The number of aromatic nitrogens is 2. The molecule has 0 aliphatic carbocycles. The Bertz CT molecular complexity index is 272. The molecule has 0 atom stereocenters. The van der Waals surface area contributed by atoms with E-state index >= 15 is 0 Å². The SMILES string of the molecule is C=Cc1nc(N)cc(CO)n1. The number of hydrogen-bond acceptors (Lipinski definition) is 4. The molecule has 0 fully saturated rings. The lowest BCUT2D eigenvalue weighted by molar-refractivity contribution is 0.276. The summed E-state index contributed by atoms with van der Waals surface area (Å²) in [5.74, 6) is 0.785. The van der Waals surface area contributed by atoms with Crippen LogP contribution in [0.25, 0.3) is 6.08 Å². The molecule has 11 heavy (non-hydrogen) atoms. The quantitative estimate of drug-likeness (QED) is 0.633. The maximum Gasteiger partial charge on any atom is 0.154 e. The molecule has 0 aromatic carbocycles. The highest BCUT2D eigenvalue weighted by molar-refractivity contribution is 5.41. The van der Waals surface area contributed by atoms with Crippen molar-refractivity contribution < 1.29 is 5.11 Å². The van der Waals surface area contributed by atoms with E-state index in [0.29, 0.717) is 17.3 Å². The first-order chi connectivity index (χ1) is 5.26. The van der Waals surface area contributed by atoms with Crippen LogP contribution in [0.1, 0.15) is 11.5 Å². The van der Waals surface area contributed by atoms with Crippen LogP contribution in [0, 0.1) is 0 Å². The van der Waals surface area contributed by atoms with Crippen LogP contribution < -0.4 is 5.73 Å². The third-order valence-electron chi connectivity index (χ3n) is 1.16. The molecule has 1 heterocycles. The second kappa shape index (κ2) is 3.12. The summed E-state index contributed by atoms with van der Waals surface area (Å²) < 4.78 is 0. The lowest BCUT2D eigenvalue weighted by Gasteiger charge is -1.98. The molecular weight excluding hydrogens is 142 g/mol. The Hall–Kier alpha value is -1.42. The van der Waals surface area contributed by atoms with Crippen LogP contribution in [0.2, 0.25) is 0 Å². The first kappa shape index (κ1) is 7.68. The van der Waals surface area contributed by atoms with Crippen LogP contribution in [0.3, 0.4) is 0 Å². The Labute approximate surface area is 64.4 Å². The molecule has 0 saturated carbocycles. The molecule has 58 valence electrons. The van der Waals surface area contributed by atoms with Crippen molar-refractivity contribution in [3.63, 3.8) is 0 Å². The van der Waals surface area contributed by atoms with E-state index in [1.54, 1.807) is 0 Å². The topological polar surface area (TPSA) is 72.0 Å². The van der Waals surface area contributed by atoms with Gasteiger partial charge in [-0.1, -0.05) is 6.58 Å². The van der Waals surface area contributed by atoms with Crippen molar-refractivity contribution in [1.29, 1.82) is 0 Å². The number of anilines is 1. The molecule has 4 nitrogen and oxygen atoms in total. The zero-order chi connectivity index (χ0) is 8.27. The fraction of sp³-hybridized carbons (Fsp3) is 0.143. The number of hydrogen-bond donors (Lipinski definition) is 2. The minimum absolute atomic E-state index is 0.131. The molecule has 0 saturated heterocycles. The summed E-state index contributed by atoms with van der Waals surface area (Å²) in [7, 11) is 0. The Balaban J connectivity index is 3.11. The van der Waals surface area contributed by atoms with Crippen molar-refractivity contribution in [2.45, 2.75) is 6.61 Å². The zero-order valence-electron chi connectivity index (χ0n) is 5.99. The van der Waals surface area contributed by atoms with Crippen molar-refractivity contribution in [1.82, 2.24) is 9.97 Å². The molecule has 0 unspecified atom stereocenters. The van der Waals surface area contributed by atoms with Gasteiger partial charge in [0.1, 0.15) is 5.82 Å². The Morgan fingerprint density at radius 1 is 1.64 bits per heavy atom. The maximum absolute atomic E-state index is 8.70. The maximum atomic E-state index is 8.70. The third kappa shape index (κ3) is 1.75. The van der Waals surface area contributed by atoms with Crippen LogP contribution >= 0.6 is 0 Å². The van der Waals surface area contributed by atoms with Gasteiger partial charge in [0.05, 0.1) is 12.3 Å². The predicted molar refractivity (Wildman–Crippen MR) is 42.5 cm³/mol. The Kier molecular flexibility index (Phi) is 2.18. The van der Waals surface area contributed by atoms with Gasteiger partial charge in [0.15, 0.2) is 5.82 Å². The van der Waals surface area contributed by atoms with E-state index in [9.17, 15) is 0 Å². The standard InChI is InChI=1S/C7H9N3O/c1-2-7-9-5(4-11)3-6(8)10-7/h2-3,11H,1,4H2,(H2,8,9,10). The molecule has 4 heteroatoms. The minimum Gasteiger partial charge on any atom is -0.390 e. The fourth-order valence-corrected chi connectivity index (χ4v) is 0.712. The summed E-state index contributed by atoms with van der Waals surface area (Å²) in [5, 5.41) is 8.70. The summed E-state index contributed by atoms with van der Waals surface area (Å²) in [4.78, 5) is 7.75. The van der Waals surface area contributed by atoms with Crippen molar-refractivity contribution >= 4 is 11.9 Å². The van der Waals surface area contributed by atoms with Gasteiger partial charge >= 0.3 is 0 Å². The van der Waals surface area contributed by atoms with Gasteiger partial charge in [-0.15, -0.1) is 0 Å². The summed E-state index contributed by atoms with van der Waals surface area (Å²) in [5.41, 5.74) is 5.91. The summed E-state index contributed by atoms with van der Waals surface area (Å²) in [6, 6.07) is 1.52. The molecule has 0 amide bonds. The molecule has 0 spiro atoms. The van der Waals surface area contributed by atoms with E-state index < -0.39 is 0 Å². The smallest absolute Gasteiger partial charge is 0.154 e. The van der Waals surface area contributed by atoms with Crippen LogP contribution in [-0.4, -0.2) is 15.1 Å². The number of nitrogens with zero attached hydrogens (tertiary/aromatic N) is 2. The lowest BCUT2D eigenvalue weighted by atomic mass is 10.4. The lowest BCUT2D eigenvalue weighted by Crippen LogP contribution is -1.99. The Morgan fingerprint density at radius 3 is 2.91 bits per heavy atom. The molecular formula is C7H9N3O. The van der Waals surface area contributed by atoms with E-state index in [2.05, 4.69) is 16.5 Å². The van der Waals surface area contributed by atoms with Crippen LogP contribution in [0.5, 0.6) is 0 Å². The highest BCUT2D eigenvalue weighted by Crippen LogP contribution is 2.03. The number of rotatable bonds is 2. The molecule has 1 aromatic heterocycles. The largest absolute Gasteiger partial charge is 0.390 e. The first-order valence-corrected chi connectivity index (χ1v) is 3.13. The van der Waals surface area contributed by atoms with Crippen LogP contribution in [-0.2, 0) is 6.61 Å². The normalized spacial score (nSPS) is 9.55. The highest BCUT2D eigenvalue weighted by atomic mass is 16.3. The van der Waals surface area contributed by atoms with Gasteiger partial charge in [-0.2, -0.15) is 0 Å². The molecule has 0 radical (unpaired) electrons. The van der Waals surface area contributed by atoms with Gasteiger partial charge in [0, 0.05) is 6.07 Å². The molecule has 3 N–H and O–H groups in total. The van der Waals surface area contributed by atoms with Gasteiger partial charge in [0.25, 0.3) is 0 Å². The second-order valence-electron chi connectivity index (χ2n) is 2.00. The molecule has 0 aliphatic heterocycles. The number of nitrogens with two attached hydrogens (primary N) is 1. The highest BCUT2D eigenvalue weighted by Gasteiger charge is 1.97. The summed E-state index contributed by atoms with van der Waals surface area (Å²) >= 11 is 0. The number of nitrogen functional groups attached to an aromatic ring is 1. The number of aliphatic hydroxyl groups is 1. The average Bonchev–Trinajstić information content (AvgIpc) is 2.03. The predicted octanol–water partition coefficient (Wildman–Crippen LogP) is 0.194. The van der Waals surface area contributed by atoms with Gasteiger partial charge in [-0.25, -0.2) is 9.97 Å². The minimum atomic E-state index is -0.131. The van der Waals surface area contributed by atoms with Crippen molar-refractivity contribution in [3.8, 4) is 0 Å². The van der Waals surface area contributed by atoms with E-state index in [4.69, 9.17) is 10.8 Å². The third-order valence-corrected chi connectivity index (χ3v) is 1.16. The van der Waals surface area contributed by atoms with Crippen molar-refractivity contribution in [2.75, 3.05) is 5.73 Å². The molecule has 1 aromatic rings. The van der Waals surface area contributed by atoms with Crippen LogP contribution in [0.4, 0.5) is 5.82 Å². The van der Waals surface area contributed by atoms with Gasteiger partial charge in [0.2, 0.25) is 0 Å². The Morgan fingerprint density at radius 2 is 2.36 bits per heavy atom. The van der Waals surface area contributed by atoms with Crippen molar-refractivity contribution in [3.05, 3.63) is 24.2 Å². The van der Waals surface area contributed by atoms with E-state index in [0.717, 1.165) is 0 Å². The zero-order valence-corrected chi connectivity index (χ0v) is 5.99. The fourth-order valence-electron chi connectivity index (χ4n) is 0.712. The monoisotopic (exact) mass is 151 g/mol. The van der Waals surface area contributed by atoms with Gasteiger partial charge in [-0.05, 0) is 6.08 Å². The molecule has 0 aliphatic rings. The van der Waals surface area contributed by atoms with E-state index in [-0.39, 0.29) is 6.61 Å². The second-order valence-corrected chi connectivity index (χ2v) is 2.00. The van der Waals surface area contributed by atoms with E-state index in [1.807, 2.05) is 0 Å². The summed E-state index contributed by atoms with van der Waals surface area (Å²) in [6.45, 7) is 3.35. The van der Waals surface area contributed by atoms with Crippen molar-refractivity contribution in [2.24, 2.45) is 0 Å². The molecule has 1 rings (SSSR count). The van der Waals surface area contributed by atoms with E-state index in [1.165, 1.54) is 12.1 Å². The first-order valence-electron chi connectivity index (χ1n) is 3.13. The van der Waals surface area contributed by atoms with Crippen LogP contribution in [0.15, 0.2) is 12.6 Å². The van der Waals surface area contributed by atoms with Gasteiger partial charge in [-0.3, -0.25) is 0 Å². The summed E-state index contributed by atoms with van der Waals surface area (Å²) in [6.07, 6.45) is 1.48. The average molecular weight is 151 g/mol. The number of aliphatic hydroxyl groups excluding tert-OH is 1.